The summed E-state index contributed by atoms with van der Waals surface area (Å²) in [6, 6.07) is 0. The fourth-order valence-electron chi connectivity index (χ4n) is 1.42. The Labute approximate surface area is 108 Å². The molecule has 1 rings (SSSR count). The van der Waals surface area contributed by atoms with Crippen LogP contribution < -0.4 is 18.9 Å². The maximum absolute atomic E-state index is 10.3. The average Bonchev–Trinajstić information content (AvgIpc) is 2.58. The van der Waals surface area contributed by atoms with Crippen molar-refractivity contribution in [3.8, 4) is 0 Å². The van der Waals surface area contributed by atoms with Crippen molar-refractivity contribution < 1.29 is 31.8 Å². The van der Waals surface area contributed by atoms with Gasteiger partial charge in [0.1, 0.15) is 5.82 Å². The van der Waals surface area contributed by atoms with Crippen LogP contribution in [-0.2, 0) is 23.1 Å². The molecule has 0 aliphatic carbocycles. The van der Waals surface area contributed by atoms with E-state index in [2.05, 4.69) is 4.98 Å². The zero-order valence-electron chi connectivity index (χ0n) is 9.72. The first-order chi connectivity index (χ1) is 7.03. The number of aromatic nitrogens is 2. The molecule has 5 nitrogen and oxygen atoms in total. The van der Waals surface area contributed by atoms with Crippen LogP contribution in [0.25, 0.3) is 0 Å². The summed E-state index contributed by atoms with van der Waals surface area (Å²) >= 11 is 0. The molecular formula is C9H15LiN2O3S. The number of unbranched alkanes of at least 4 members (excludes halogenated alkanes) is 1. The van der Waals surface area contributed by atoms with Crippen molar-refractivity contribution in [2.45, 2.75) is 32.7 Å². The van der Waals surface area contributed by atoms with E-state index in [1.807, 2.05) is 17.7 Å². The molecule has 1 heterocycles. The van der Waals surface area contributed by atoms with Crippen LogP contribution in [0.1, 0.15) is 25.6 Å². The normalized spacial score (nSPS) is 11.1. The van der Waals surface area contributed by atoms with E-state index < -0.39 is 10.1 Å². The van der Waals surface area contributed by atoms with Crippen molar-refractivity contribution in [3.63, 3.8) is 0 Å². The SMILES string of the molecule is CCc1nccn1CCCCS(=O)(=O)[O-].[Li+]. The van der Waals surface area contributed by atoms with E-state index in [4.69, 9.17) is 0 Å². The summed E-state index contributed by atoms with van der Waals surface area (Å²) in [6.07, 6.45) is 5.54. The Morgan fingerprint density at radius 2 is 2.12 bits per heavy atom. The van der Waals surface area contributed by atoms with Crippen molar-refractivity contribution in [2.24, 2.45) is 0 Å². The van der Waals surface area contributed by atoms with Crippen molar-refractivity contribution in [1.82, 2.24) is 9.55 Å². The summed E-state index contributed by atoms with van der Waals surface area (Å²) in [7, 11) is -4.06. The molecule has 1 aromatic heterocycles. The van der Waals surface area contributed by atoms with Crippen LogP contribution in [0.15, 0.2) is 12.4 Å². The number of aryl methyl sites for hydroxylation is 2. The Balaban J connectivity index is 0.00000225. The van der Waals surface area contributed by atoms with Gasteiger partial charge in [-0.2, -0.15) is 0 Å². The molecule has 0 fully saturated rings. The molecule has 0 aliphatic heterocycles. The first-order valence-corrected chi connectivity index (χ1v) is 6.54. The van der Waals surface area contributed by atoms with E-state index in [9.17, 15) is 13.0 Å². The molecule has 0 aliphatic rings. The van der Waals surface area contributed by atoms with Crippen molar-refractivity contribution in [2.75, 3.05) is 5.75 Å². The number of imidazole rings is 1. The van der Waals surface area contributed by atoms with E-state index >= 15 is 0 Å². The molecule has 0 aromatic carbocycles. The van der Waals surface area contributed by atoms with Crippen molar-refractivity contribution >= 4 is 10.1 Å². The summed E-state index contributed by atoms with van der Waals surface area (Å²) in [5.74, 6) is 0.711. The summed E-state index contributed by atoms with van der Waals surface area (Å²) < 4.78 is 33.0. The average molecular weight is 238 g/mol. The van der Waals surface area contributed by atoms with Crippen LogP contribution in [0.3, 0.4) is 0 Å². The zero-order valence-corrected chi connectivity index (χ0v) is 10.5. The van der Waals surface area contributed by atoms with E-state index in [-0.39, 0.29) is 24.6 Å². The molecule has 0 radical (unpaired) electrons. The molecule has 0 unspecified atom stereocenters. The van der Waals surface area contributed by atoms with Gasteiger partial charge >= 0.3 is 18.9 Å². The smallest absolute Gasteiger partial charge is 0.748 e. The Morgan fingerprint density at radius 1 is 1.44 bits per heavy atom. The van der Waals surface area contributed by atoms with Gasteiger partial charge in [0.2, 0.25) is 0 Å². The Morgan fingerprint density at radius 3 is 2.69 bits per heavy atom. The van der Waals surface area contributed by atoms with Crippen LogP contribution in [0, 0.1) is 0 Å². The predicted octanol–water partition coefficient (Wildman–Crippen LogP) is -2.23. The second-order valence-electron chi connectivity index (χ2n) is 3.36. The van der Waals surface area contributed by atoms with Gasteiger partial charge < -0.3 is 9.12 Å². The largest absolute Gasteiger partial charge is 1.00 e. The molecule has 86 valence electrons. The van der Waals surface area contributed by atoms with Crippen LogP contribution in [0.2, 0.25) is 0 Å². The van der Waals surface area contributed by atoms with E-state index in [0.29, 0.717) is 12.8 Å². The second-order valence-corrected chi connectivity index (χ2v) is 4.88. The number of hydrogen-bond acceptors (Lipinski definition) is 4. The fourth-order valence-corrected chi connectivity index (χ4v) is 1.98. The third-order valence-corrected chi connectivity index (χ3v) is 2.95. The van der Waals surface area contributed by atoms with Gasteiger partial charge in [-0.1, -0.05) is 6.92 Å². The molecular weight excluding hydrogens is 223 g/mol. The minimum Gasteiger partial charge on any atom is -0.748 e. The zero-order chi connectivity index (χ0) is 11.3. The van der Waals surface area contributed by atoms with Crippen LogP contribution >= 0.6 is 0 Å². The first-order valence-electron chi connectivity index (χ1n) is 4.96. The summed E-state index contributed by atoms with van der Waals surface area (Å²) in [4.78, 5) is 4.15. The first kappa shape index (κ1) is 15.7. The van der Waals surface area contributed by atoms with Crippen LogP contribution in [0.5, 0.6) is 0 Å². The minimum absolute atomic E-state index is 0. The summed E-state index contributed by atoms with van der Waals surface area (Å²) in [5, 5.41) is 0. The fraction of sp³-hybridized carbons (Fsp3) is 0.667. The van der Waals surface area contributed by atoms with Crippen molar-refractivity contribution in [3.05, 3.63) is 18.2 Å². The maximum atomic E-state index is 10.3. The summed E-state index contributed by atoms with van der Waals surface area (Å²) in [5.41, 5.74) is 0. The van der Waals surface area contributed by atoms with Crippen LogP contribution in [0.4, 0.5) is 0 Å². The Bertz CT molecular complexity index is 403. The van der Waals surface area contributed by atoms with E-state index in [0.717, 1.165) is 18.8 Å². The monoisotopic (exact) mass is 238 g/mol. The van der Waals surface area contributed by atoms with E-state index in [1.165, 1.54) is 0 Å². The molecule has 0 saturated carbocycles. The molecule has 16 heavy (non-hydrogen) atoms. The van der Waals surface area contributed by atoms with Gasteiger partial charge in [0, 0.05) is 31.1 Å². The number of nitrogens with zero attached hydrogens (tertiary/aromatic N) is 2. The minimum atomic E-state index is -4.06. The topological polar surface area (TPSA) is 75.0 Å². The Kier molecular flexibility index (Phi) is 7.00. The molecule has 0 atom stereocenters. The van der Waals surface area contributed by atoms with Crippen molar-refractivity contribution in [1.29, 1.82) is 0 Å². The standard InChI is InChI=1S/C9H16N2O3S.Li/c1-2-9-10-5-7-11(9)6-3-4-8-15(12,13)14;/h5,7H,2-4,6,8H2,1H3,(H,12,13,14);/q;+1/p-1. The van der Waals surface area contributed by atoms with Gasteiger partial charge in [-0.3, -0.25) is 0 Å². The second kappa shape index (κ2) is 7.12. The number of rotatable bonds is 6. The van der Waals surface area contributed by atoms with Gasteiger partial charge in [0.25, 0.3) is 0 Å². The Hall–Kier alpha value is -0.283. The molecule has 0 N–H and O–H groups in total. The van der Waals surface area contributed by atoms with Crippen LogP contribution in [-0.4, -0.2) is 28.3 Å². The third-order valence-electron chi connectivity index (χ3n) is 2.16. The van der Waals surface area contributed by atoms with Gasteiger partial charge in [-0.15, -0.1) is 0 Å². The number of hydrogen-bond donors (Lipinski definition) is 0. The predicted molar refractivity (Wildman–Crippen MR) is 55.4 cm³/mol. The quantitative estimate of drug-likeness (QED) is 0.319. The summed E-state index contributed by atoms with van der Waals surface area (Å²) in [6.45, 7) is 2.74. The molecule has 7 heteroatoms. The third kappa shape index (κ3) is 5.71. The molecule has 0 spiro atoms. The van der Waals surface area contributed by atoms with Gasteiger partial charge in [0.15, 0.2) is 0 Å². The maximum Gasteiger partial charge on any atom is 1.00 e. The van der Waals surface area contributed by atoms with Gasteiger partial charge in [0.05, 0.1) is 10.1 Å². The van der Waals surface area contributed by atoms with E-state index in [1.54, 1.807) is 6.20 Å². The molecule has 0 amide bonds. The van der Waals surface area contributed by atoms with Gasteiger partial charge in [-0.05, 0) is 12.8 Å². The molecule has 0 saturated heterocycles. The van der Waals surface area contributed by atoms with Gasteiger partial charge in [-0.25, -0.2) is 13.4 Å². The molecule has 0 bridgehead atoms. The molecule has 1 aromatic rings.